The third-order valence-corrected chi connectivity index (χ3v) is 3.94. The molecule has 1 amide bonds. The van der Waals surface area contributed by atoms with Crippen LogP contribution in [0.4, 0.5) is 11.4 Å². The molecule has 23 heavy (non-hydrogen) atoms. The van der Waals surface area contributed by atoms with Gasteiger partial charge in [-0.1, -0.05) is 12.1 Å². The Hall–Kier alpha value is -2.49. The van der Waals surface area contributed by atoms with E-state index in [1.165, 1.54) is 5.69 Å². The molecule has 122 valence electrons. The van der Waals surface area contributed by atoms with Crippen LogP contribution in [0.3, 0.4) is 0 Å². The molecule has 0 unspecified atom stereocenters. The zero-order chi connectivity index (χ0) is 16.8. The van der Waals surface area contributed by atoms with Crippen LogP contribution in [0.25, 0.3) is 0 Å². The predicted molar refractivity (Wildman–Crippen MR) is 95.7 cm³/mol. The lowest BCUT2D eigenvalue weighted by Crippen LogP contribution is -2.22. The van der Waals surface area contributed by atoms with Crippen LogP contribution in [0.5, 0.6) is 5.75 Å². The first-order chi connectivity index (χ1) is 11.1. The monoisotopic (exact) mass is 312 g/mol. The van der Waals surface area contributed by atoms with Crippen LogP contribution in [0.2, 0.25) is 0 Å². The highest BCUT2D eigenvalue weighted by molar-refractivity contribution is 6.06. The summed E-state index contributed by atoms with van der Waals surface area (Å²) in [5.41, 5.74) is 3.56. The van der Waals surface area contributed by atoms with Gasteiger partial charge in [-0.05, 0) is 56.7 Å². The van der Waals surface area contributed by atoms with E-state index < -0.39 is 0 Å². The van der Waals surface area contributed by atoms with Crippen molar-refractivity contribution in [3.8, 4) is 5.75 Å². The van der Waals surface area contributed by atoms with Gasteiger partial charge in [0, 0.05) is 24.5 Å². The molecule has 0 bridgehead atoms. The lowest BCUT2D eigenvalue weighted by Gasteiger charge is -2.22. The average Bonchev–Trinajstić information content (AvgIpc) is 2.58. The number of carbonyl (C=O) groups is 1. The molecular weight excluding hydrogens is 288 g/mol. The Bertz CT molecular complexity index is 679. The molecular formula is C19H24N2O2. The minimum Gasteiger partial charge on any atom is -0.496 e. The molecule has 4 nitrogen and oxygen atoms in total. The standard InChI is InChI=1S/C19H24N2O2/c1-5-21(6-2)15-11-12-17(14(3)13-15)20-19(22)16-9-7-8-10-18(16)23-4/h7-13H,5-6H2,1-4H3,(H,20,22). The van der Waals surface area contributed by atoms with Crippen LogP contribution in [0, 0.1) is 6.92 Å². The van der Waals surface area contributed by atoms with Crippen molar-refractivity contribution in [2.75, 3.05) is 30.4 Å². The lowest BCUT2D eigenvalue weighted by atomic mass is 10.1. The molecule has 0 radical (unpaired) electrons. The van der Waals surface area contributed by atoms with Gasteiger partial charge in [0.1, 0.15) is 5.75 Å². The molecule has 2 aromatic rings. The first-order valence-corrected chi connectivity index (χ1v) is 7.90. The molecule has 0 aliphatic rings. The maximum atomic E-state index is 12.5. The summed E-state index contributed by atoms with van der Waals surface area (Å²) in [5, 5.41) is 2.97. The predicted octanol–water partition coefficient (Wildman–Crippen LogP) is 4.10. The van der Waals surface area contributed by atoms with Crippen molar-refractivity contribution in [3.63, 3.8) is 0 Å². The number of ether oxygens (including phenoxy) is 1. The second-order valence-electron chi connectivity index (χ2n) is 5.33. The molecule has 2 rings (SSSR count). The van der Waals surface area contributed by atoms with Crippen LogP contribution in [-0.4, -0.2) is 26.1 Å². The van der Waals surface area contributed by atoms with Gasteiger partial charge in [0.2, 0.25) is 0 Å². The number of hydrogen-bond donors (Lipinski definition) is 1. The van der Waals surface area contributed by atoms with E-state index in [9.17, 15) is 4.79 Å². The minimum absolute atomic E-state index is 0.166. The number of rotatable bonds is 6. The summed E-state index contributed by atoms with van der Waals surface area (Å²) in [4.78, 5) is 14.8. The van der Waals surface area contributed by atoms with Crippen molar-refractivity contribution in [3.05, 3.63) is 53.6 Å². The molecule has 0 spiro atoms. The molecule has 0 fully saturated rings. The average molecular weight is 312 g/mol. The Morgan fingerprint density at radius 2 is 1.83 bits per heavy atom. The fourth-order valence-corrected chi connectivity index (χ4v) is 2.60. The van der Waals surface area contributed by atoms with E-state index >= 15 is 0 Å². The molecule has 0 heterocycles. The lowest BCUT2D eigenvalue weighted by molar-refractivity contribution is 0.102. The second-order valence-corrected chi connectivity index (χ2v) is 5.33. The zero-order valence-corrected chi connectivity index (χ0v) is 14.2. The highest BCUT2D eigenvalue weighted by Gasteiger charge is 2.13. The quantitative estimate of drug-likeness (QED) is 0.873. The molecule has 1 N–H and O–H groups in total. The number of nitrogens with one attached hydrogen (secondary N) is 1. The summed E-state index contributed by atoms with van der Waals surface area (Å²) in [5.74, 6) is 0.406. The highest BCUT2D eigenvalue weighted by Crippen LogP contribution is 2.24. The Morgan fingerprint density at radius 3 is 2.43 bits per heavy atom. The molecule has 0 atom stereocenters. The molecule has 0 aromatic heterocycles. The number of hydrogen-bond acceptors (Lipinski definition) is 3. The Labute approximate surface area is 138 Å². The maximum Gasteiger partial charge on any atom is 0.259 e. The highest BCUT2D eigenvalue weighted by atomic mass is 16.5. The topological polar surface area (TPSA) is 41.6 Å². The molecule has 4 heteroatoms. The number of amides is 1. The largest absolute Gasteiger partial charge is 0.496 e. The van der Waals surface area contributed by atoms with E-state index in [0.29, 0.717) is 11.3 Å². The van der Waals surface area contributed by atoms with Crippen molar-refractivity contribution in [2.24, 2.45) is 0 Å². The summed E-state index contributed by atoms with van der Waals surface area (Å²) in [7, 11) is 1.57. The van der Waals surface area contributed by atoms with Crippen LogP contribution >= 0.6 is 0 Å². The van der Waals surface area contributed by atoms with Gasteiger partial charge in [-0.3, -0.25) is 4.79 Å². The minimum atomic E-state index is -0.166. The third kappa shape index (κ3) is 3.83. The Kier molecular flexibility index (Phi) is 5.63. The van der Waals surface area contributed by atoms with Gasteiger partial charge < -0.3 is 15.0 Å². The van der Waals surface area contributed by atoms with Crippen molar-refractivity contribution in [2.45, 2.75) is 20.8 Å². The van der Waals surface area contributed by atoms with Gasteiger partial charge in [-0.2, -0.15) is 0 Å². The summed E-state index contributed by atoms with van der Waals surface area (Å²) in [6.07, 6.45) is 0. The van der Waals surface area contributed by atoms with E-state index in [1.807, 2.05) is 31.2 Å². The summed E-state index contributed by atoms with van der Waals surface area (Å²) in [6, 6.07) is 13.3. The normalized spacial score (nSPS) is 10.3. The van der Waals surface area contributed by atoms with Gasteiger partial charge in [-0.15, -0.1) is 0 Å². The van der Waals surface area contributed by atoms with E-state index in [4.69, 9.17) is 4.74 Å². The molecule has 0 saturated carbocycles. The smallest absolute Gasteiger partial charge is 0.259 e. The second kappa shape index (κ2) is 7.68. The number of aryl methyl sites for hydroxylation is 1. The number of carbonyl (C=O) groups excluding carboxylic acids is 1. The molecule has 0 saturated heterocycles. The van der Waals surface area contributed by atoms with Crippen molar-refractivity contribution in [1.82, 2.24) is 0 Å². The Balaban J connectivity index is 2.21. The number of methoxy groups -OCH3 is 1. The number of para-hydroxylation sites is 1. The molecule has 0 aliphatic carbocycles. The first-order valence-electron chi connectivity index (χ1n) is 7.90. The first kappa shape index (κ1) is 16.9. The zero-order valence-electron chi connectivity index (χ0n) is 14.2. The number of anilines is 2. The summed E-state index contributed by atoms with van der Waals surface area (Å²) in [6.45, 7) is 8.20. The van der Waals surface area contributed by atoms with Crippen molar-refractivity contribution >= 4 is 17.3 Å². The van der Waals surface area contributed by atoms with Crippen LogP contribution < -0.4 is 15.0 Å². The van der Waals surface area contributed by atoms with Gasteiger partial charge in [0.15, 0.2) is 0 Å². The van der Waals surface area contributed by atoms with Gasteiger partial charge >= 0.3 is 0 Å². The Morgan fingerprint density at radius 1 is 1.13 bits per heavy atom. The van der Waals surface area contributed by atoms with Crippen LogP contribution in [0.1, 0.15) is 29.8 Å². The summed E-state index contributed by atoms with van der Waals surface area (Å²) < 4.78 is 5.25. The third-order valence-electron chi connectivity index (χ3n) is 3.94. The van der Waals surface area contributed by atoms with Gasteiger partial charge in [-0.25, -0.2) is 0 Å². The fraction of sp³-hybridized carbons (Fsp3) is 0.316. The van der Waals surface area contributed by atoms with Crippen molar-refractivity contribution in [1.29, 1.82) is 0 Å². The maximum absolute atomic E-state index is 12.5. The van der Waals surface area contributed by atoms with E-state index in [2.05, 4.69) is 30.1 Å². The van der Waals surface area contributed by atoms with Crippen LogP contribution in [0.15, 0.2) is 42.5 Å². The molecule has 0 aliphatic heterocycles. The van der Waals surface area contributed by atoms with E-state index in [-0.39, 0.29) is 5.91 Å². The van der Waals surface area contributed by atoms with Crippen molar-refractivity contribution < 1.29 is 9.53 Å². The number of benzene rings is 2. The fourth-order valence-electron chi connectivity index (χ4n) is 2.60. The van der Waals surface area contributed by atoms with Crippen LogP contribution in [-0.2, 0) is 0 Å². The SMILES string of the molecule is CCN(CC)c1ccc(NC(=O)c2ccccc2OC)c(C)c1. The summed E-state index contributed by atoms with van der Waals surface area (Å²) >= 11 is 0. The molecule has 2 aromatic carbocycles. The van der Waals surface area contributed by atoms with E-state index in [1.54, 1.807) is 19.2 Å². The van der Waals surface area contributed by atoms with Gasteiger partial charge in [0.25, 0.3) is 5.91 Å². The number of nitrogens with zero attached hydrogens (tertiary/aromatic N) is 1. The van der Waals surface area contributed by atoms with Gasteiger partial charge in [0.05, 0.1) is 12.7 Å². The van der Waals surface area contributed by atoms with E-state index in [0.717, 1.165) is 24.3 Å².